The zero-order chi connectivity index (χ0) is 14.4. The van der Waals surface area contributed by atoms with Crippen LogP contribution in [0.4, 0.5) is 4.79 Å². The highest BCUT2D eigenvalue weighted by Crippen LogP contribution is 2.16. The Kier molecular flexibility index (Phi) is 6.67. The zero-order valence-electron chi connectivity index (χ0n) is 10.1. The van der Waals surface area contributed by atoms with Crippen LogP contribution in [0.1, 0.15) is 12.5 Å². The summed E-state index contributed by atoms with van der Waals surface area (Å²) in [4.78, 5) is 11.6. The normalized spacial score (nSPS) is 11.6. The van der Waals surface area contributed by atoms with Crippen molar-refractivity contribution in [3.05, 3.63) is 43.5 Å². The van der Waals surface area contributed by atoms with Gasteiger partial charge in [-0.15, -0.1) is 0 Å². The third kappa shape index (κ3) is 5.42. The Labute approximate surface area is 135 Å². The molecule has 0 saturated carbocycles. The summed E-state index contributed by atoms with van der Waals surface area (Å²) >= 11 is 11.2. The van der Waals surface area contributed by atoms with Crippen LogP contribution in [-0.4, -0.2) is 11.8 Å². The molecule has 0 atom stereocenters. The molecule has 1 rings (SSSR count). The van der Waals surface area contributed by atoms with E-state index in [1.54, 1.807) is 25.1 Å². The monoisotopic (exact) mass is 411 g/mol. The lowest BCUT2D eigenvalue weighted by Crippen LogP contribution is -2.27. The van der Waals surface area contributed by atoms with Crippen LogP contribution < -0.4 is 5.32 Å². The number of nitrogens with one attached hydrogen (secondary N) is 2. The van der Waals surface area contributed by atoms with Crippen molar-refractivity contribution in [1.29, 1.82) is 5.41 Å². The maximum Gasteiger partial charge on any atom is 0.412 e. The molecule has 0 spiro atoms. The van der Waals surface area contributed by atoms with E-state index in [0.29, 0.717) is 13.6 Å². The van der Waals surface area contributed by atoms with Crippen LogP contribution in [0.2, 0.25) is 5.02 Å². The quantitative estimate of drug-likeness (QED) is 0.454. The summed E-state index contributed by atoms with van der Waals surface area (Å²) in [5.41, 5.74) is 1.33. The molecule has 0 bridgehead atoms. The highest BCUT2D eigenvalue weighted by Gasteiger charge is 2.13. The van der Waals surface area contributed by atoms with E-state index >= 15 is 0 Å². The van der Waals surface area contributed by atoms with Gasteiger partial charge in [0.1, 0.15) is 12.3 Å². The van der Waals surface area contributed by atoms with Crippen LogP contribution >= 0.6 is 34.2 Å². The molecule has 19 heavy (non-hydrogen) atoms. The third-order valence-electron chi connectivity index (χ3n) is 2.14. The summed E-state index contributed by atoms with van der Waals surface area (Å²) in [6, 6.07) is 7.13. The first-order valence-corrected chi connectivity index (χ1v) is 7.21. The van der Waals surface area contributed by atoms with Crippen molar-refractivity contribution >= 4 is 58.6 Å². The fourth-order valence-electron chi connectivity index (χ4n) is 1.21. The van der Waals surface area contributed by atoms with Gasteiger partial charge in [0, 0.05) is 45.8 Å². The molecule has 0 saturated heterocycles. The Hall–Kier alpha value is -0.730. The molecular weight excluding hydrogens is 399 g/mol. The molecule has 0 radical (unpaired) electrons. The van der Waals surface area contributed by atoms with Crippen LogP contribution in [0.25, 0.3) is 0 Å². The van der Waals surface area contributed by atoms with Crippen molar-refractivity contribution in [1.82, 2.24) is 5.32 Å². The molecule has 102 valence electrons. The van der Waals surface area contributed by atoms with E-state index in [1.807, 2.05) is 28.7 Å². The van der Waals surface area contributed by atoms with Gasteiger partial charge in [-0.2, -0.15) is 0 Å². The van der Waals surface area contributed by atoms with E-state index in [2.05, 4.69) is 17.9 Å². The average molecular weight is 412 g/mol. The van der Waals surface area contributed by atoms with E-state index in [4.69, 9.17) is 21.7 Å². The summed E-state index contributed by atoms with van der Waals surface area (Å²) in [6.07, 6.45) is -0.631. The molecule has 0 heterocycles. The van der Waals surface area contributed by atoms with Crippen LogP contribution in [0.15, 0.2) is 32.9 Å². The molecule has 1 aromatic carbocycles. The Morgan fingerprint density at radius 1 is 1.53 bits per heavy atom. The summed E-state index contributed by atoms with van der Waals surface area (Å²) < 4.78 is 5.67. The van der Waals surface area contributed by atoms with Crippen molar-refractivity contribution in [3.8, 4) is 0 Å². The second-order valence-corrected chi connectivity index (χ2v) is 6.61. The first-order chi connectivity index (χ1) is 8.91. The van der Waals surface area contributed by atoms with E-state index in [1.165, 1.54) is 0 Å². The van der Waals surface area contributed by atoms with Crippen LogP contribution in [0.3, 0.4) is 0 Å². The number of carbonyl (C=O) groups excluding carboxylic acids is 1. The fourth-order valence-corrected chi connectivity index (χ4v) is 2.19. The Morgan fingerprint density at radius 2 is 2.16 bits per heavy atom. The van der Waals surface area contributed by atoms with Crippen molar-refractivity contribution in [2.45, 2.75) is 13.5 Å². The topological polar surface area (TPSA) is 62.2 Å². The molecular formula is C12H13ClIN2O2S+. The van der Waals surface area contributed by atoms with Gasteiger partial charge in [0.05, 0.1) is 5.71 Å². The summed E-state index contributed by atoms with van der Waals surface area (Å²) in [5, 5.41) is 10.6. The molecule has 7 heteroatoms. The molecule has 0 aliphatic heterocycles. The van der Waals surface area contributed by atoms with Gasteiger partial charge in [0.25, 0.3) is 0 Å². The van der Waals surface area contributed by atoms with Crippen molar-refractivity contribution in [2.75, 3.05) is 0 Å². The number of ether oxygens (including phenoxy) is 1. The zero-order valence-corrected chi connectivity index (χ0v) is 14.0. The molecule has 0 aliphatic carbocycles. The lowest BCUT2D eigenvalue weighted by atomic mass is 10.2. The van der Waals surface area contributed by atoms with Crippen molar-refractivity contribution in [3.63, 3.8) is 0 Å². The highest BCUT2D eigenvalue weighted by atomic mass is 127. The van der Waals surface area contributed by atoms with Crippen molar-refractivity contribution < 1.29 is 9.53 Å². The Bertz CT molecular complexity index is 530. The lowest BCUT2D eigenvalue weighted by Gasteiger charge is -2.09. The number of rotatable bonds is 4. The van der Waals surface area contributed by atoms with Gasteiger partial charge in [-0.1, -0.05) is 29.8 Å². The molecule has 0 aromatic heterocycles. The smallest absolute Gasteiger partial charge is 0.412 e. The Morgan fingerprint density at radius 3 is 2.68 bits per heavy atom. The predicted molar refractivity (Wildman–Crippen MR) is 89.4 cm³/mol. The Balaban J connectivity index is 2.60. The molecule has 2 N–H and O–H groups in total. The fraction of sp³-hybridized carbons (Fsp3) is 0.167. The van der Waals surface area contributed by atoms with E-state index in [0.717, 1.165) is 5.56 Å². The van der Waals surface area contributed by atoms with Gasteiger partial charge in [0.2, 0.25) is 2.91 Å². The van der Waals surface area contributed by atoms with Gasteiger partial charge in [0.15, 0.2) is 0 Å². The minimum absolute atomic E-state index is 0.0775. The SMILES string of the molecule is CC(=N)/C(NC(=O)OCc1ccccc1Cl)=C(\[SH2+])I. The first-order valence-electron chi connectivity index (χ1n) is 5.26. The molecule has 1 amide bonds. The van der Waals surface area contributed by atoms with E-state index in [9.17, 15) is 4.79 Å². The van der Waals surface area contributed by atoms with Gasteiger partial charge in [-0.25, -0.2) is 4.79 Å². The van der Waals surface area contributed by atoms with Gasteiger partial charge >= 0.3 is 6.09 Å². The first kappa shape index (κ1) is 16.3. The van der Waals surface area contributed by atoms with E-state index in [-0.39, 0.29) is 12.3 Å². The largest absolute Gasteiger partial charge is 0.444 e. The predicted octanol–water partition coefficient (Wildman–Crippen LogP) is 3.22. The second kappa shape index (κ2) is 7.76. The minimum Gasteiger partial charge on any atom is -0.444 e. The summed E-state index contributed by atoms with van der Waals surface area (Å²) in [6.45, 7) is 1.65. The number of benzene rings is 1. The van der Waals surface area contributed by atoms with Crippen LogP contribution in [-0.2, 0) is 24.0 Å². The summed E-state index contributed by atoms with van der Waals surface area (Å²) in [7, 11) is 0. The molecule has 4 nitrogen and oxygen atoms in total. The second-order valence-electron chi connectivity index (χ2n) is 3.61. The molecule has 1 aromatic rings. The summed E-state index contributed by atoms with van der Waals surface area (Å²) in [5.74, 6) is 0. The van der Waals surface area contributed by atoms with Gasteiger partial charge in [-0.05, 0) is 13.0 Å². The standard InChI is InChI=1S/C12H12ClIN2O2S/c1-7(15)10(11(14)19)16-12(17)18-6-8-4-2-3-5-9(8)13/h2-5,15,19H,6H2,1H3,(H,16,17)/p+1/b11-10+,15-7?. The average Bonchev–Trinajstić information content (AvgIpc) is 2.34. The number of hydrogen-bond donors (Lipinski definition) is 2. The van der Waals surface area contributed by atoms with E-state index < -0.39 is 6.09 Å². The number of amides is 1. The van der Waals surface area contributed by atoms with Crippen molar-refractivity contribution in [2.24, 2.45) is 0 Å². The molecule has 0 unspecified atom stereocenters. The third-order valence-corrected chi connectivity index (χ3v) is 3.30. The number of alkyl carbamates (subject to hydrolysis) is 1. The number of hydrogen-bond acceptors (Lipinski definition) is 3. The lowest BCUT2D eigenvalue weighted by molar-refractivity contribution is 0.143. The maximum atomic E-state index is 11.6. The number of allylic oxidation sites excluding steroid dienone is 1. The van der Waals surface area contributed by atoms with Gasteiger partial charge < -0.3 is 10.1 Å². The maximum absolute atomic E-state index is 11.6. The number of halogens is 2. The minimum atomic E-state index is -0.631. The highest BCUT2D eigenvalue weighted by molar-refractivity contribution is 14.1. The molecule has 0 aliphatic rings. The van der Waals surface area contributed by atoms with Crippen LogP contribution in [0, 0.1) is 5.41 Å². The number of carbonyl (C=O) groups is 1. The van der Waals surface area contributed by atoms with Crippen LogP contribution in [0.5, 0.6) is 0 Å². The van der Waals surface area contributed by atoms with Gasteiger partial charge in [-0.3, -0.25) is 5.32 Å². The molecule has 0 fully saturated rings.